The highest BCUT2D eigenvalue weighted by atomic mass is 16.6. The molecule has 1 atom stereocenters. The van der Waals surface area contributed by atoms with E-state index in [2.05, 4.69) is 18.1 Å². The standard InChI is InChI=1S/C20H24N2O3/c1-3-19(25-16-10-5-4-6-11-16)17-12-8-7-9-15(17)13-14-18(20(21)23)22-24-2/h4-12,19H,3,13-14H2,1-2H3,(H2,21,23). The number of oxime groups is 1. The average molecular weight is 340 g/mol. The van der Waals surface area contributed by atoms with Gasteiger partial charge in [0.25, 0.3) is 5.91 Å². The first kappa shape index (κ1) is 18.5. The number of hydrogen-bond acceptors (Lipinski definition) is 4. The highest BCUT2D eigenvalue weighted by Gasteiger charge is 2.16. The molecule has 0 aromatic heterocycles. The number of carbonyl (C=O) groups excluding carboxylic acids is 1. The smallest absolute Gasteiger partial charge is 0.266 e. The fourth-order valence-corrected chi connectivity index (χ4v) is 2.68. The maximum atomic E-state index is 11.4. The molecule has 5 nitrogen and oxygen atoms in total. The second kappa shape index (κ2) is 9.47. The van der Waals surface area contributed by atoms with Crippen molar-refractivity contribution in [1.29, 1.82) is 0 Å². The Morgan fingerprint density at radius 3 is 2.44 bits per heavy atom. The number of nitrogens with zero attached hydrogens (tertiary/aromatic N) is 1. The summed E-state index contributed by atoms with van der Waals surface area (Å²) >= 11 is 0. The van der Waals surface area contributed by atoms with Gasteiger partial charge in [-0.05, 0) is 36.1 Å². The van der Waals surface area contributed by atoms with Crippen LogP contribution in [0, 0.1) is 0 Å². The van der Waals surface area contributed by atoms with Gasteiger partial charge in [-0.2, -0.15) is 0 Å². The molecule has 0 aliphatic heterocycles. The molecule has 0 fully saturated rings. The summed E-state index contributed by atoms with van der Waals surface area (Å²) in [5.41, 5.74) is 7.78. The lowest BCUT2D eigenvalue weighted by Gasteiger charge is -2.21. The van der Waals surface area contributed by atoms with E-state index < -0.39 is 5.91 Å². The van der Waals surface area contributed by atoms with Crippen molar-refractivity contribution in [3.63, 3.8) is 0 Å². The van der Waals surface area contributed by atoms with Crippen LogP contribution in [0.15, 0.2) is 59.8 Å². The quantitative estimate of drug-likeness (QED) is 0.559. The van der Waals surface area contributed by atoms with Crippen molar-refractivity contribution in [3.8, 4) is 5.75 Å². The molecule has 2 aromatic rings. The van der Waals surface area contributed by atoms with Gasteiger partial charge in [0.2, 0.25) is 0 Å². The molecular weight excluding hydrogens is 316 g/mol. The van der Waals surface area contributed by atoms with E-state index in [9.17, 15) is 4.79 Å². The first-order valence-corrected chi connectivity index (χ1v) is 8.35. The zero-order valence-corrected chi connectivity index (χ0v) is 14.6. The number of nitrogens with two attached hydrogens (primary N) is 1. The summed E-state index contributed by atoms with van der Waals surface area (Å²) in [6.45, 7) is 2.09. The molecular formula is C20H24N2O3. The van der Waals surface area contributed by atoms with Crippen molar-refractivity contribution in [2.24, 2.45) is 10.9 Å². The molecule has 2 rings (SSSR count). The van der Waals surface area contributed by atoms with Crippen LogP contribution in [0.25, 0.3) is 0 Å². The molecule has 25 heavy (non-hydrogen) atoms. The van der Waals surface area contributed by atoms with Gasteiger partial charge < -0.3 is 15.3 Å². The summed E-state index contributed by atoms with van der Waals surface area (Å²) in [6, 6.07) is 17.8. The SMILES string of the molecule is CCC(Oc1ccccc1)c1ccccc1CCC(=NOC)C(N)=O. The summed E-state index contributed by atoms with van der Waals surface area (Å²) in [5.74, 6) is 0.273. The average Bonchev–Trinajstić information content (AvgIpc) is 2.64. The second-order valence-electron chi connectivity index (χ2n) is 5.61. The fraction of sp³-hybridized carbons (Fsp3) is 0.300. The Morgan fingerprint density at radius 2 is 1.80 bits per heavy atom. The van der Waals surface area contributed by atoms with Crippen molar-refractivity contribution in [2.75, 3.05) is 7.11 Å². The van der Waals surface area contributed by atoms with Gasteiger partial charge in [0.15, 0.2) is 0 Å². The van der Waals surface area contributed by atoms with Gasteiger partial charge in [0.05, 0.1) is 0 Å². The highest BCUT2D eigenvalue weighted by molar-refractivity contribution is 6.38. The van der Waals surface area contributed by atoms with Crippen LogP contribution in [0.5, 0.6) is 5.75 Å². The third kappa shape index (κ3) is 5.35. The second-order valence-corrected chi connectivity index (χ2v) is 5.61. The van der Waals surface area contributed by atoms with Crippen LogP contribution in [0.3, 0.4) is 0 Å². The van der Waals surface area contributed by atoms with Gasteiger partial charge in [-0.3, -0.25) is 4.79 Å². The summed E-state index contributed by atoms with van der Waals surface area (Å²) in [6.07, 6.45) is 1.83. The van der Waals surface area contributed by atoms with E-state index in [-0.39, 0.29) is 11.8 Å². The largest absolute Gasteiger partial charge is 0.486 e. The molecule has 0 radical (unpaired) electrons. The van der Waals surface area contributed by atoms with E-state index in [0.717, 1.165) is 23.3 Å². The number of benzene rings is 2. The van der Waals surface area contributed by atoms with Gasteiger partial charge in [0, 0.05) is 6.42 Å². The summed E-state index contributed by atoms with van der Waals surface area (Å²) in [7, 11) is 1.40. The lowest BCUT2D eigenvalue weighted by molar-refractivity contribution is -0.112. The summed E-state index contributed by atoms with van der Waals surface area (Å²) in [5, 5.41) is 3.71. The minimum Gasteiger partial charge on any atom is -0.486 e. The number of ether oxygens (including phenoxy) is 1. The number of hydrogen-bond donors (Lipinski definition) is 1. The molecule has 1 unspecified atom stereocenters. The first-order valence-electron chi connectivity index (χ1n) is 8.35. The Kier molecular flexibility index (Phi) is 7.01. The molecule has 0 spiro atoms. The van der Waals surface area contributed by atoms with Crippen molar-refractivity contribution < 1.29 is 14.4 Å². The number of para-hydroxylation sites is 1. The predicted molar refractivity (Wildman–Crippen MR) is 98.5 cm³/mol. The number of rotatable bonds is 9. The highest BCUT2D eigenvalue weighted by Crippen LogP contribution is 2.27. The summed E-state index contributed by atoms with van der Waals surface area (Å²) in [4.78, 5) is 16.1. The van der Waals surface area contributed by atoms with E-state index in [0.29, 0.717) is 12.8 Å². The van der Waals surface area contributed by atoms with Crippen LogP contribution in [0.4, 0.5) is 0 Å². The van der Waals surface area contributed by atoms with E-state index in [1.54, 1.807) is 0 Å². The van der Waals surface area contributed by atoms with Crippen LogP contribution in [0.1, 0.15) is 37.0 Å². The Balaban J connectivity index is 2.18. The fourth-order valence-electron chi connectivity index (χ4n) is 2.68. The normalized spacial score (nSPS) is 12.5. The Labute approximate surface area is 148 Å². The van der Waals surface area contributed by atoms with Gasteiger partial charge in [-0.1, -0.05) is 54.5 Å². The number of carbonyl (C=O) groups is 1. The Hall–Kier alpha value is -2.82. The maximum Gasteiger partial charge on any atom is 0.266 e. The monoisotopic (exact) mass is 340 g/mol. The molecule has 2 aromatic carbocycles. The number of primary amides is 1. The van der Waals surface area contributed by atoms with Crippen molar-refractivity contribution in [2.45, 2.75) is 32.3 Å². The summed E-state index contributed by atoms with van der Waals surface area (Å²) < 4.78 is 6.15. The van der Waals surface area contributed by atoms with Gasteiger partial charge in [-0.15, -0.1) is 0 Å². The maximum absolute atomic E-state index is 11.4. The predicted octanol–water partition coefficient (Wildman–Crippen LogP) is 3.64. The number of aryl methyl sites for hydroxylation is 1. The molecule has 2 N–H and O–H groups in total. The van der Waals surface area contributed by atoms with Crippen LogP contribution >= 0.6 is 0 Å². The third-order valence-corrected chi connectivity index (χ3v) is 3.91. The van der Waals surface area contributed by atoms with E-state index in [1.807, 2.05) is 48.5 Å². The minimum absolute atomic E-state index is 0.0602. The zero-order chi connectivity index (χ0) is 18.1. The Morgan fingerprint density at radius 1 is 1.12 bits per heavy atom. The minimum atomic E-state index is -0.563. The van der Waals surface area contributed by atoms with E-state index >= 15 is 0 Å². The molecule has 0 aliphatic rings. The zero-order valence-electron chi connectivity index (χ0n) is 14.6. The van der Waals surface area contributed by atoms with Gasteiger partial charge in [-0.25, -0.2) is 0 Å². The van der Waals surface area contributed by atoms with Crippen molar-refractivity contribution in [1.82, 2.24) is 0 Å². The van der Waals surface area contributed by atoms with Crippen LogP contribution < -0.4 is 10.5 Å². The molecule has 0 saturated heterocycles. The van der Waals surface area contributed by atoms with E-state index in [4.69, 9.17) is 15.3 Å². The van der Waals surface area contributed by atoms with Crippen LogP contribution in [0.2, 0.25) is 0 Å². The molecule has 1 amide bonds. The lowest BCUT2D eigenvalue weighted by atomic mass is 9.96. The third-order valence-electron chi connectivity index (χ3n) is 3.91. The molecule has 0 bridgehead atoms. The molecule has 5 heteroatoms. The molecule has 0 heterocycles. The molecule has 0 aliphatic carbocycles. The van der Waals surface area contributed by atoms with Crippen molar-refractivity contribution >= 4 is 11.6 Å². The topological polar surface area (TPSA) is 73.9 Å². The van der Waals surface area contributed by atoms with E-state index in [1.165, 1.54) is 7.11 Å². The van der Waals surface area contributed by atoms with Crippen LogP contribution in [-0.2, 0) is 16.1 Å². The number of amides is 1. The first-order chi connectivity index (χ1) is 12.2. The Bertz CT molecular complexity index is 714. The molecule has 0 saturated carbocycles. The lowest BCUT2D eigenvalue weighted by Crippen LogP contribution is -2.24. The van der Waals surface area contributed by atoms with Crippen molar-refractivity contribution in [3.05, 3.63) is 65.7 Å². The van der Waals surface area contributed by atoms with Gasteiger partial charge in [0.1, 0.15) is 24.7 Å². The molecule has 132 valence electrons. The van der Waals surface area contributed by atoms with Gasteiger partial charge >= 0.3 is 0 Å². The van der Waals surface area contributed by atoms with Crippen LogP contribution in [-0.4, -0.2) is 18.7 Å².